The van der Waals surface area contributed by atoms with Crippen molar-refractivity contribution in [2.24, 2.45) is 15.3 Å². The molecule has 0 aliphatic carbocycles. The van der Waals surface area contributed by atoms with Crippen LogP contribution in [0.1, 0.15) is 172 Å². The number of hydrogen-bond acceptors (Lipinski definition) is 4. The van der Waals surface area contributed by atoms with Crippen LogP contribution in [0.5, 0.6) is 0 Å². The predicted octanol–water partition coefficient (Wildman–Crippen LogP) is 11.2. The van der Waals surface area contributed by atoms with E-state index in [1.807, 2.05) is 27.7 Å². The molecule has 1 N–H and O–H groups in total. The zero-order valence-electron chi connectivity index (χ0n) is 25.5. The molecule has 0 amide bonds. The summed E-state index contributed by atoms with van der Waals surface area (Å²) in [5.41, 5.74) is 4.36. The van der Waals surface area contributed by atoms with Gasteiger partial charge in [-0.15, -0.1) is 0 Å². The van der Waals surface area contributed by atoms with E-state index in [4.69, 9.17) is 11.6 Å². The van der Waals surface area contributed by atoms with Gasteiger partial charge in [0.15, 0.2) is 5.00 Å². The van der Waals surface area contributed by atoms with Gasteiger partial charge in [-0.1, -0.05) is 102 Å². The predicted molar refractivity (Wildman–Crippen MR) is 160 cm³/mol. The Hall–Kier alpha value is -0.640. The normalized spacial score (nSPS) is 14.5. The SMILES string of the molecule is CCCCCCCCCC(C)(Cl)N=NC(C)(C)C.CCCCCCCCCC(C)=NNC(C)(C)C. The summed E-state index contributed by atoms with van der Waals surface area (Å²) in [5.74, 6) is 0. The van der Waals surface area contributed by atoms with E-state index >= 15 is 0 Å². The van der Waals surface area contributed by atoms with E-state index in [1.54, 1.807) is 0 Å². The van der Waals surface area contributed by atoms with E-state index in [0.717, 1.165) is 19.3 Å². The van der Waals surface area contributed by atoms with Crippen molar-refractivity contribution in [3.8, 4) is 0 Å². The van der Waals surface area contributed by atoms with E-state index in [0.29, 0.717) is 0 Å². The number of nitrogens with zero attached hydrogens (tertiary/aromatic N) is 3. The van der Waals surface area contributed by atoms with Crippen molar-refractivity contribution in [2.75, 3.05) is 0 Å². The summed E-state index contributed by atoms with van der Waals surface area (Å²) >= 11 is 6.34. The molecular formula is C30H63ClN4. The molecule has 210 valence electrons. The monoisotopic (exact) mass is 514 g/mol. The quantitative estimate of drug-likeness (QED) is 0.0484. The maximum absolute atomic E-state index is 6.34. The molecule has 0 bridgehead atoms. The smallest absolute Gasteiger partial charge is 0.151 e. The highest BCUT2D eigenvalue weighted by atomic mass is 35.5. The molecule has 0 aliphatic heterocycles. The van der Waals surface area contributed by atoms with Gasteiger partial charge in [-0.05, 0) is 81.1 Å². The molecule has 0 aromatic carbocycles. The van der Waals surface area contributed by atoms with E-state index in [9.17, 15) is 0 Å². The highest BCUT2D eigenvalue weighted by Crippen LogP contribution is 2.26. The van der Waals surface area contributed by atoms with Crippen LogP contribution in [0.3, 0.4) is 0 Å². The zero-order chi connectivity index (χ0) is 27.2. The van der Waals surface area contributed by atoms with Crippen molar-refractivity contribution in [3.63, 3.8) is 0 Å². The Morgan fingerprint density at radius 3 is 1.49 bits per heavy atom. The number of unbranched alkanes of at least 4 members (excludes halogenated alkanes) is 12. The Morgan fingerprint density at radius 1 is 0.629 bits per heavy atom. The molecule has 35 heavy (non-hydrogen) atoms. The average molecular weight is 515 g/mol. The number of nitrogens with one attached hydrogen (secondary N) is 1. The summed E-state index contributed by atoms with van der Waals surface area (Å²) in [6.07, 6.45) is 20.8. The van der Waals surface area contributed by atoms with E-state index < -0.39 is 5.00 Å². The Kier molecular flexibility index (Phi) is 22.4. The van der Waals surface area contributed by atoms with Crippen molar-refractivity contribution in [2.45, 2.75) is 188 Å². The van der Waals surface area contributed by atoms with Crippen LogP contribution in [0, 0.1) is 0 Å². The van der Waals surface area contributed by atoms with Crippen molar-refractivity contribution in [3.05, 3.63) is 0 Å². The number of rotatable bonds is 18. The van der Waals surface area contributed by atoms with Crippen LogP contribution in [0.4, 0.5) is 0 Å². The van der Waals surface area contributed by atoms with Crippen LogP contribution < -0.4 is 5.43 Å². The fraction of sp³-hybridized carbons (Fsp3) is 0.967. The van der Waals surface area contributed by atoms with Gasteiger partial charge in [0.25, 0.3) is 0 Å². The number of hydrogen-bond donors (Lipinski definition) is 1. The second-order valence-electron chi connectivity index (χ2n) is 12.5. The van der Waals surface area contributed by atoms with Crippen molar-refractivity contribution in [1.29, 1.82) is 0 Å². The molecule has 0 saturated carbocycles. The van der Waals surface area contributed by atoms with Crippen molar-refractivity contribution < 1.29 is 0 Å². The lowest BCUT2D eigenvalue weighted by Crippen LogP contribution is -2.32. The largest absolute Gasteiger partial charge is 0.305 e. The van der Waals surface area contributed by atoms with E-state index in [2.05, 4.69) is 62.3 Å². The summed E-state index contributed by atoms with van der Waals surface area (Å²) in [6.45, 7) is 21.1. The number of halogens is 1. The maximum atomic E-state index is 6.34. The van der Waals surface area contributed by atoms with Gasteiger partial charge in [0.1, 0.15) is 0 Å². The third kappa shape index (κ3) is 33.4. The van der Waals surface area contributed by atoms with E-state index in [-0.39, 0.29) is 11.1 Å². The summed E-state index contributed by atoms with van der Waals surface area (Å²) in [5, 5.41) is 12.9. The summed E-state index contributed by atoms with van der Waals surface area (Å²) in [6, 6.07) is 0. The third-order valence-electron chi connectivity index (χ3n) is 5.52. The molecule has 0 heterocycles. The van der Waals surface area contributed by atoms with Crippen molar-refractivity contribution >= 4 is 17.3 Å². The number of azo groups is 1. The van der Waals surface area contributed by atoms with Gasteiger partial charge in [-0.3, -0.25) is 0 Å². The molecule has 0 fully saturated rings. The second-order valence-corrected chi connectivity index (χ2v) is 13.3. The van der Waals surface area contributed by atoms with Gasteiger partial charge in [-0.2, -0.15) is 15.3 Å². The molecule has 0 saturated heterocycles. The number of hydrazone groups is 1. The molecule has 0 spiro atoms. The first kappa shape index (κ1) is 36.5. The maximum Gasteiger partial charge on any atom is 0.151 e. The molecule has 5 heteroatoms. The Bertz CT molecular complexity index is 527. The van der Waals surface area contributed by atoms with Crippen molar-refractivity contribution in [1.82, 2.24) is 5.43 Å². The Labute approximate surface area is 225 Å². The molecule has 4 nitrogen and oxygen atoms in total. The Balaban J connectivity index is 0. The lowest BCUT2D eigenvalue weighted by atomic mass is 10.1. The molecule has 0 rings (SSSR count). The average Bonchev–Trinajstić information content (AvgIpc) is 2.75. The fourth-order valence-electron chi connectivity index (χ4n) is 3.37. The summed E-state index contributed by atoms with van der Waals surface area (Å²) in [7, 11) is 0. The lowest BCUT2D eigenvalue weighted by molar-refractivity contribution is 0.440. The standard InChI is InChI=1S/C15H31ClN2.C15H32N2/c1-6-7-8-9-10-11-12-13-15(5,16)18-17-14(2,3)4;1-6-7-8-9-10-11-12-13-14(2)16-17-15(3,4)5/h6-13H2,1-5H3;17H,6-13H2,1-5H3. The molecule has 1 atom stereocenters. The minimum Gasteiger partial charge on any atom is -0.305 e. The second kappa shape index (κ2) is 21.4. The Morgan fingerprint density at radius 2 is 1.06 bits per heavy atom. The van der Waals surface area contributed by atoms with Crippen LogP contribution in [0.15, 0.2) is 15.3 Å². The van der Waals surface area contributed by atoms with Gasteiger partial charge >= 0.3 is 0 Å². The van der Waals surface area contributed by atoms with Gasteiger partial charge in [0, 0.05) is 11.3 Å². The molecule has 1 unspecified atom stereocenters. The summed E-state index contributed by atoms with van der Waals surface area (Å²) < 4.78 is 0. The first-order chi connectivity index (χ1) is 16.2. The summed E-state index contributed by atoms with van der Waals surface area (Å²) in [4.78, 5) is -0.517. The fourth-order valence-corrected chi connectivity index (χ4v) is 3.54. The van der Waals surface area contributed by atoms with Crippen LogP contribution in [-0.4, -0.2) is 21.8 Å². The van der Waals surface area contributed by atoms with Gasteiger partial charge in [-0.25, -0.2) is 0 Å². The molecule has 0 aliphatic rings. The lowest BCUT2D eigenvalue weighted by Gasteiger charge is -2.18. The molecule has 0 aromatic rings. The highest BCUT2D eigenvalue weighted by molar-refractivity contribution is 6.23. The minimum atomic E-state index is -0.517. The number of alkyl halides is 1. The zero-order valence-corrected chi connectivity index (χ0v) is 26.3. The van der Waals surface area contributed by atoms with Crippen LogP contribution in [0.25, 0.3) is 0 Å². The van der Waals surface area contributed by atoms with Crippen LogP contribution in [0.2, 0.25) is 0 Å². The first-order valence-corrected chi connectivity index (χ1v) is 15.0. The minimum absolute atomic E-state index is 0.0847. The molecule has 0 radical (unpaired) electrons. The molecular weight excluding hydrogens is 452 g/mol. The first-order valence-electron chi connectivity index (χ1n) is 14.7. The van der Waals surface area contributed by atoms with Crippen LogP contribution in [-0.2, 0) is 0 Å². The van der Waals surface area contributed by atoms with Gasteiger partial charge in [0.2, 0.25) is 0 Å². The van der Waals surface area contributed by atoms with Gasteiger partial charge in [0.05, 0.1) is 5.54 Å². The van der Waals surface area contributed by atoms with E-state index in [1.165, 1.54) is 89.2 Å². The van der Waals surface area contributed by atoms with Crippen LogP contribution >= 0.6 is 11.6 Å². The third-order valence-corrected chi connectivity index (χ3v) is 5.78. The van der Waals surface area contributed by atoms with Gasteiger partial charge < -0.3 is 5.43 Å². The molecule has 0 aromatic heterocycles. The topological polar surface area (TPSA) is 49.1 Å². The highest BCUT2D eigenvalue weighted by Gasteiger charge is 2.20.